The molecular weight excluding hydrogens is 458 g/mol. The highest BCUT2D eigenvalue weighted by molar-refractivity contribution is 8.03. The molecule has 0 aromatic heterocycles. The van der Waals surface area contributed by atoms with E-state index in [1.807, 2.05) is 23.9 Å². The second-order valence-electron chi connectivity index (χ2n) is 8.18. The van der Waals surface area contributed by atoms with Gasteiger partial charge >= 0.3 is 0 Å². The van der Waals surface area contributed by atoms with Crippen molar-refractivity contribution in [3.63, 3.8) is 0 Å². The van der Waals surface area contributed by atoms with Crippen LogP contribution in [0.15, 0.2) is 65.2 Å². The van der Waals surface area contributed by atoms with Gasteiger partial charge in [-0.2, -0.15) is 0 Å². The molecule has 184 valence electrons. The molecule has 0 radical (unpaired) electrons. The number of thioether (sulfide) groups is 1. The predicted molar refractivity (Wildman–Crippen MR) is 146 cm³/mol. The molecule has 4 rings (SSSR count). The van der Waals surface area contributed by atoms with Crippen molar-refractivity contribution in [1.29, 1.82) is 0 Å². The van der Waals surface area contributed by atoms with Crippen LogP contribution in [0.1, 0.15) is 26.7 Å². The molecule has 0 unspecified atom stereocenters. The van der Waals surface area contributed by atoms with Gasteiger partial charge in [-0.25, -0.2) is 0 Å². The number of allylic oxidation sites excluding steroid dienone is 2. The van der Waals surface area contributed by atoms with Gasteiger partial charge in [0.2, 0.25) is 0 Å². The first-order chi connectivity index (χ1) is 17.1. The highest BCUT2D eigenvalue weighted by atomic mass is 32.2. The number of methoxy groups -OCH3 is 4. The molecule has 1 aliphatic rings. The Hall–Kier alpha value is -3.25. The molecule has 1 heterocycles. The largest absolute Gasteiger partial charge is 0.497 e. The lowest BCUT2D eigenvalue weighted by molar-refractivity contribution is 0.394. The minimum Gasteiger partial charge on any atom is -0.497 e. The molecule has 0 fully saturated rings. The molecule has 0 amide bonds. The molecule has 3 aromatic carbocycles. The van der Waals surface area contributed by atoms with Crippen LogP contribution in [-0.2, 0) is 0 Å². The third kappa shape index (κ3) is 4.94. The van der Waals surface area contributed by atoms with E-state index in [9.17, 15) is 0 Å². The lowest BCUT2D eigenvalue weighted by Gasteiger charge is -2.28. The number of nitrogens with zero attached hydrogens (tertiary/aromatic N) is 1. The zero-order chi connectivity index (χ0) is 24.9. The second-order valence-corrected chi connectivity index (χ2v) is 9.22. The number of ether oxygens (including phenoxy) is 4. The summed E-state index contributed by atoms with van der Waals surface area (Å²) in [6.45, 7) is 4.46. The summed E-state index contributed by atoms with van der Waals surface area (Å²) in [4.78, 5) is 3.91. The number of hydrogen-bond donors (Lipinski definition) is 0. The van der Waals surface area contributed by atoms with Crippen molar-refractivity contribution >= 4 is 17.4 Å². The van der Waals surface area contributed by atoms with E-state index in [0.717, 1.165) is 69.7 Å². The summed E-state index contributed by atoms with van der Waals surface area (Å²) in [5.74, 6) is 3.91. The fourth-order valence-corrected chi connectivity index (χ4v) is 5.77. The Labute approximate surface area is 212 Å². The monoisotopic (exact) mass is 491 g/mol. The number of benzene rings is 3. The van der Waals surface area contributed by atoms with Crippen LogP contribution in [0.2, 0.25) is 0 Å². The van der Waals surface area contributed by atoms with Crippen LogP contribution >= 0.6 is 11.8 Å². The summed E-state index contributed by atoms with van der Waals surface area (Å²) in [5.41, 5.74) is 6.84. The molecule has 5 nitrogen and oxygen atoms in total. The molecule has 0 spiro atoms. The van der Waals surface area contributed by atoms with Crippen molar-refractivity contribution in [1.82, 2.24) is 0 Å². The van der Waals surface area contributed by atoms with Crippen LogP contribution < -0.4 is 23.8 Å². The number of para-hydroxylation sites is 1. The van der Waals surface area contributed by atoms with Gasteiger partial charge in [0, 0.05) is 33.9 Å². The van der Waals surface area contributed by atoms with Crippen molar-refractivity contribution in [3.8, 4) is 45.3 Å². The minimum atomic E-state index is 0.759. The van der Waals surface area contributed by atoms with Crippen LogP contribution in [0.3, 0.4) is 0 Å². The van der Waals surface area contributed by atoms with Gasteiger partial charge < -0.3 is 23.8 Å². The smallest absolute Gasteiger partial charge is 0.123 e. The zero-order valence-electron chi connectivity index (χ0n) is 21.3. The number of rotatable bonds is 9. The van der Waals surface area contributed by atoms with Crippen molar-refractivity contribution in [2.75, 3.05) is 39.2 Å². The molecule has 0 N–H and O–H groups in total. The van der Waals surface area contributed by atoms with E-state index in [2.05, 4.69) is 61.2 Å². The highest BCUT2D eigenvalue weighted by Gasteiger charge is 2.27. The Balaban J connectivity index is 2.02. The molecule has 1 aliphatic heterocycles. The van der Waals surface area contributed by atoms with Crippen molar-refractivity contribution in [2.24, 2.45) is 0 Å². The quantitative estimate of drug-likeness (QED) is 0.307. The second kappa shape index (κ2) is 11.0. The molecule has 0 saturated carbocycles. The van der Waals surface area contributed by atoms with Gasteiger partial charge in [0.1, 0.15) is 23.0 Å². The van der Waals surface area contributed by atoms with Crippen LogP contribution in [-0.4, -0.2) is 34.3 Å². The van der Waals surface area contributed by atoms with E-state index in [-0.39, 0.29) is 0 Å². The molecule has 0 saturated heterocycles. The summed E-state index contributed by atoms with van der Waals surface area (Å²) < 4.78 is 22.4. The Kier molecular flexibility index (Phi) is 7.81. The average Bonchev–Trinajstić information content (AvgIpc) is 3.34. The molecule has 0 atom stereocenters. The van der Waals surface area contributed by atoms with Crippen LogP contribution in [0.5, 0.6) is 23.0 Å². The van der Waals surface area contributed by atoms with Gasteiger partial charge in [0.15, 0.2) is 0 Å². The Morgan fingerprint density at radius 2 is 1.14 bits per heavy atom. The first-order valence-corrected chi connectivity index (χ1v) is 12.8. The van der Waals surface area contributed by atoms with E-state index in [1.54, 1.807) is 28.4 Å². The lowest BCUT2D eigenvalue weighted by atomic mass is 9.94. The third-order valence-electron chi connectivity index (χ3n) is 6.30. The lowest BCUT2D eigenvalue weighted by Crippen LogP contribution is -2.19. The summed E-state index contributed by atoms with van der Waals surface area (Å²) in [6, 6.07) is 18.5. The maximum atomic E-state index is 5.60. The summed E-state index contributed by atoms with van der Waals surface area (Å²) in [5, 5.41) is 0. The van der Waals surface area contributed by atoms with Crippen LogP contribution in [0, 0.1) is 0 Å². The van der Waals surface area contributed by atoms with E-state index in [1.165, 1.54) is 10.6 Å². The fraction of sp³-hybridized carbons (Fsp3) is 0.310. The summed E-state index contributed by atoms with van der Waals surface area (Å²) in [6.07, 6.45) is 1.99. The number of hydrogen-bond acceptors (Lipinski definition) is 6. The van der Waals surface area contributed by atoms with Crippen molar-refractivity contribution < 1.29 is 18.9 Å². The van der Waals surface area contributed by atoms with Gasteiger partial charge in [-0.1, -0.05) is 32.0 Å². The molecule has 0 bridgehead atoms. The SMILES string of the molecule is CCC1=C(CC)N(c2c(-c3cc(OC)cc(OC)c3)cccc2-c2cc(OC)cc(OC)c2)CS1. The first kappa shape index (κ1) is 24.9. The van der Waals surface area contributed by atoms with E-state index in [0.29, 0.717) is 0 Å². The molecule has 3 aromatic rings. The van der Waals surface area contributed by atoms with E-state index in [4.69, 9.17) is 18.9 Å². The molecule has 35 heavy (non-hydrogen) atoms. The summed E-state index contributed by atoms with van der Waals surface area (Å²) in [7, 11) is 6.73. The van der Waals surface area contributed by atoms with E-state index < -0.39 is 0 Å². The van der Waals surface area contributed by atoms with Gasteiger partial charge in [0.05, 0.1) is 40.0 Å². The van der Waals surface area contributed by atoms with Gasteiger partial charge in [-0.15, -0.1) is 11.8 Å². The minimum absolute atomic E-state index is 0.759. The van der Waals surface area contributed by atoms with Crippen LogP contribution in [0.25, 0.3) is 22.3 Å². The molecule has 6 heteroatoms. The number of anilines is 1. The molecule has 0 aliphatic carbocycles. The topological polar surface area (TPSA) is 40.2 Å². The zero-order valence-corrected chi connectivity index (χ0v) is 22.1. The van der Waals surface area contributed by atoms with Gasteiger partial charge in [0.25, 0.3) is 0 Å². The maximum absolute atomic E-state index is 5.60. The van der Waals surface area contributed by atoms with E-state index >= 15 is 0 Å². The average molecular weight is 492 g/mol. The van der Waals surface area contributed by atoms with Gasteiger partial charge in [-0.05, 0) is 48.2 Å². The van der Waals surface area contributed by atoms with Crippen LogP contribution in [0.4, 0.5) is 5.69 Å². The Bertz CT molecular complexity index is 1120. The molecular formula is C29H33NO4S. The standard InChI is InChI=1S/C29H33NO4S/c1-7-27-28(8-2)35-18-30(27)29-25(19-12-21(31-3)16-22(13-19)32-4)10-9-11-26(29)20-14-23(33-5)17-24(15-20)34-6/h9-17H,7-8,18H2,1-6H3. The summed E-state index contributed by atoms with van der Waals surface area (Å²) >= 11 is 1.92. The third-order valence-corrected chi connectivity index (χ3v) is 7.56. The maximum Gasteiger partial charge on any atom is 0.123 e. The van der Waals surface area contributed by atoms with Crippen molar-refractivity contribution in [2.45, 2.75) is 26.7 Å². The first-order valence-electron chi connectivity index (χ1n) is 11.8. The van der Waals surface area contributed by atoms with Gasteiger partial charge in [-0.3, -0.25) is 0 Å². The van der Waals surface area contributed by atoms with Crippen molar-refractivity contribution in [3.05, 3.63) is 65.2 Å². The Morgan fingerprint density at radius 1 is 0.686 bits per heavy atom. The highest BCUT2D eigenvalue weighted by Crippen LogP contribution is 2.48. The predicted octanol–water partition coefficient (Wildman–Crippen LogP) is 7.60. The fourth-order valence-electron chi connectivity index (χ4n) is 4.57. The normalized spacial score (nSPS) is 13.3. The Morgan fingerprint density at radius 3 is 1.51 bits per heavy atom.